The summed E-state index contributed by atoms with van der Waals surface area (Å²) in [5.41, 5.74) is 5.09. The smallest absolute Gasteiger partial charge is 0.266 e. The lowest BCUT2D eigenvalue weighted by molar-refractivity contribution is -0.129. The van der Waals surface area contributed by atoms with Gasteiger partial charge in [-0.15, -0.1) is 0 Å². The first kappa shape index (κ1) is 52.6. The molecule has 5 rings (SSSR count). The molecular formula is C51H73ClFN5O5. The van der Waals surface area contributed by atoms with E-state index in [4.69, 9.17) is 26.1 Å². The van der Waals surface area contributed by atoms with Crippen LogP contribution in [0, 0.1) is 24.6 Å². The zero-order chi connectivity index (χ0) is 47.2. The maximum absolute atomic E-state index is 15.4. The number of methoxy groups -OCH3 is 2. The van der Waals surface area contributed by atoms with Gasteiger partial charge in [-0.25, -0.2) is 9.37 Å². The van der Waals surface area contributed by atoms with Crippen molar-refractivity contribution in [3.05, 3.63) is 88.1 Å². The van der Waals surface area contributed by atoms with Crippen LogP contribution in [0.3, 0.4) is 0 Å². The molecule has 3 unspecified atom stereocenters. The molecule has 3 amide bonds. The summed E-state index contributed by atoms with van der Waals surface area (Å²) in [5, 5.41) is 6.42. The molecule has 0 spiro atoms. The molecule has 1 aromatic heterocycles. The molecule has 2 aromatic carbocycles. The third kappa shape index (κ3) is 12.9. The summed E-state index contributed by atoms with van der Waals surface area (Å²) < 4.78 is 25.7. The number of benzene rings is 2. The highest BCUT2D eigenvalue weighted by Crippen LogP contribution is 2.44. The Balaban J connectivity index is 0.000000383. The Morgan fingerprint density at radius 3 is 2.29 bits per heavy atom. The summed E-state index contributed by atoms with van der Waals surface area (Å²) in [4.78, 5) is 45.6. The number of halogens is 2. The van der Waals surface area contributed by atoms with Crippen LogP contribution in [0.2, 0.25) is 5.02 Å². The fourth-order valence-electron chi connectivity index (χ4n) is 7.74. The van der Waals surface area contributed by atoms with Crippen molar-refractivity contribution in [2.45, 2.75) is 132 Å². The van der Waals surface area contributed by atoms with Gasteiger partial charge >= 0.3 is 0 Å². The third-order valence-corrected chi connectivity index (χ3v) is 13.2. The molecule has 3 atom stereocenters. The van der Waals surface area contributed by atoms with Crippen molar-refractivity contribution in [2.75, 3.05) is 40.2 Å². The first-order valence-corrected chi connectivity index (χ1v) is 23.0. The average molecular weight is 891 g/mol. The van der Waals surface area contributed by atoms with Crippen LogP contribution in [-0.4, -0.2) is 73.0 Å². The van der Waals surface area contributed by atoms with Gasteiger partial charge in [0.1, 0.15) is 17.2 Å². The van der Waals surface area contributed by atoms with E-state index < -0.39 is 17.6 Å². The number of hydrogen-bond donors (Lipinski definition) is 2. The number of likely N-dealkylation sites (N-methyl/N-ethyl adjacent to an activating group) is 1. The quantitative estimate of drug-likeness (QED) is 0.138. The van der Waals surface area contributed by atoms with Crippen LogP contribution in [0.25, 0.3) is 22.4 Å². The predicted octanol–water partition coefficient (Wildman–Crippen LogP) is 11.8. The SMILES string of the molecule is C=C1N(C)C=C(C(=O)Nc2ccc(F)c(-c3cccc(-c4cc5c(c(OC)n4)C(C)CC5)c3Cl)c2C)C(=O)N1C.CCC(C)CCC(CC)(CC)NC(=O)C(C)CC.CCCOC. The number of hydrogen-bond acceptors (Lipinski definition) is 7. The van der Waals surface area contributed by atoms with Gasteiger partial charge in [0.15, 0.2) is 0 Å². The number of pyridine rings is 1. The molecule has 63 heavy (non-hydrogen) atoms. The highest BCUT2D eigenvalue weighted by atomic mass is 35.5. The van der Waals surface area contributed by atoms with Gasteiger partial charge < -0.3 is 25.0 Å². The second-order valence-corrected chi connectivity index (χ2v) is 17.4. The Morgan fingerprint density at radius 1 is 1.05 bits per heavy atom. The lowest BCUT2D eigenvalue weighted by Crippen LogP contribution is -2.49. The largest absolute Gasteiger partial charge is 0.481 e. The molecular weight excluding hydrogens is 817 g/mol. The molecule has 1 aliphatic heterocycles. The fourth-order valence-corrected chi connectivity index (χ4v) is 8.06. The molecule has 12 heteroatoms. The first-order valence-electron chi connectivity index (χ1n) is 22.6. The summed E-state index contributed by atoms with van der Waals surface area (Å²) >= 11 is 6.93. The van der Waals surface area contributed by atoms with Crippen LogP contribution in [0.1, 0.15) is 129 Å². The van der Waals surface area contributed by atoms with Crippen LogP contribution in [0.15, 0.2) is 60.6 Å². The van der Waals surface area contributed by atoms with E-state index in [2.05, 4.69) is 65.7 Å². The lowest BCUT2D eigenvalue weighted by Gasteiger charge is -2.35. The number of aryl methyl sites for hydroxylation is 1. The molecule has 2 aliphatic rings. The van der Waals surface area contributed by atoms with E-state index >= 15 is 4.39 Å². The zero-order valence-electron chi connectivity index (χ0n) is 40.2. The van der Waals surface area contributed by atoms with Gasteiger partial charge in [0.2, 0.25) is 11.8 Å². The Labute approximate surface area is 382 Å². The third-order valence-electron chi connectivity index (χ3n) is 12.8. The number of nitrogens with zero attached hydrogens (tertiary/aromatic N) is 3. The van der Waals surface area contributed by atoms with Crippen molar-refractivity contribution in [2.24, 2.45) is 11.8 Å². The Hall–Kier alpha value is -4.74. The molecule has 0 saturated heterocycles. The lowest BCUT2D eigenvalue weighted by atomic mass is 9.84. The summed E-state index contributed by atoms with van der Waals surface area (Å²) in [6, 6.07) is 10.2. The number of carbonyl (C=O) groups excluding carboxylic acids is 3. The second-order valence-electron chi connectivity index (χ2n) is 17.0. The highest BCUT2D eigenvalue weighted by molar-refractivity contribution is 6.36. The van der Waals surface area contributed by atoms with Crippen molar-refractivity contribution >= 4 is 35.0 Å². The molecule has 1 aliphatic carbocycles. The van der Waals surface area contributed by atoms with E-state index in [1.165, 1.54) is 41.6 Å². The molecule has 346 valence electrons. The number of fused-ring (bicyclic) bond motifs is 1. The van der Waals surface area contributed by atoms with E-state index in [0.29, 0.717) is 50.7 Å². The zero-order valence-corrected chi connectivity index (χ0v) is 40.9. The Kier molecular flexibility index (Phi) is 20.3. The van der Waals surface area contributed by atoms with Crippen molar-refractivity contribution < 1.29 is 28.2 Å². The van der Waals surface area contributed by atoms with Crippen molar-refractivity contribution in [1.82, 2.24) is 20.1 Å². The molecule has 0 fully saturated rings. The van der Waals surface area contributed by atoms with E-state index in [1.807, 2.05) is 19.1 Å². The van der Waals surface area contributed by atoms with E-state index in [-0.39, 0.29) is 28.5 Å². The number of ether oxygens (including phenoxy) is 2. The van der Waals surface area contributed by atoms with Gasteiger partial charge in [0, 0.05) is 73.4 Å². The summed E-state index contributed by atoms with van der Waals surface area (Å²) in [5.74, 6) is 0.912. The monoisotopic (exact) mass is 890 g/mol. The second kappa shape index (κ2) is 24.4. The minimum Gasteiger partial charge on any atom is -0.481 e. The predicted molar refractivity (Wildman–Crippen MR) is 256 cm³/mol. The standard InChI is InChI=1S/C31H30ClFN4O3.C16H33NO.C4H10O/c1-16-10-11-19-14-25(35-30(40-6)26(16)19)20-8-7-9-21(28(20)32)27-17(2)24(13-12-23(27)33)34-29(38)22-15-36(4)18(3)37(5)31(22)39;1-7-13(5)11-12-16(9-3,10-4)17-15(18)14(6)8-2;1-3-4-5-2/h7-9,12-16H,3,10-11H2,1-2,4-6H3,(H,34,38);13-14H,7-12H2,1-6H3,(H,17,18);3-4H2,1-2H3. The van der Waals surface area contributed by atoms with Gasteiger partial charge in [0.05, 0.1) is 17.8 Å². The van der Waals surface area contributed by atoms with Gasteiger partial charge in [-0.2, -0.15) is 0 Å². The molecule has 0 saturated carbocycles. The van der Waals surface area contributed by atoms with Crippen LogP contribution in [-0.2, 0) is 25.5 Å². The number of nitrogens with one attached hydrogen (secondary N) is 2. The molecule has 0 bridgehead atoms. The van der Waals surface area contributed by atoms with Crippen LogP contribution in [0.5, 0.6) is 5.88 Å². The van der Waals surface area contributed by atoms with Crippen LogP contribution >= 0.6 is 11.6 Å². The first-order chi connectivity index (χ1) is 29.9. The Morgan fingerprint density at radius 2 is 1.71 bits per heavy atom. The van der Waals surface area contributed by atoms with E-state index in [9.17, 15) is 14.4 Å². The van der Waals surface area contributed by atoms with E-state index in [0.717, 1.165) is 63.0 Å². The Bertz CT molecular complexity index is 2100. The average Bonchev–Trinajstić information content (AvgIpc) is 3.66. The molecule has 2 N–H and O–H groups in total. The van der Waals surface area contributed by atoms with Crippen molar-refractivity contribution in [3.8, 4) is 28.3 Å². The van der Waals surface area contributed by atoms with Gasteiger partial charge in [-0.3, -0.25) is 19.3 Å². The van der Waals surface area contributed by atoms with Crippen LogP contribution in [0.4, 0.5) is 10.1 Å². The van der Waals surface area contributed by atoms with Gasteiger partial charge in [0.25, 0.3) is 11.8 Å². The number of amides is 3. The normalized spacial score (nSPS) is 15.6. The minimum absolute atomic E-state index is 0.0178. The molecule has 3 aromatic rings. The summed E-state index contributed by atoms with van der Waals surface area (Å²) in [7, 11) is 6.56. The summed E-state index contributed by atoms with van der Waals surface area (Å²) in [6.07, 6.45) is 11.0. The summed E-state index contributed by atoms with van der Waals surface area (Å²) in [6.45, 7) is 23.7. The number of aromatic nitrogens is 1. The molecule has 10 nitrogen and oxygen atoms in total. The van der Waals surface area contributed by atoms with Crippen LogP contribution < -0.4 is 15.4 Å². The fraction of sp³-hybridized carbons (Fsp3) is 0.529. The van der Waals surface area contributed by atoms with Gasteiger partial charge in [-0.05, 0) is 99.5 Å². The van der Waals surface area contributed by atoms with Gasteiger partial charge in [-0.1, -0.05) is 98.2 Å². The molecule has 0 radical (unpaired) electrons. The topological polar surface area (TPSA) is 113 Å². The maximum atomic E-state index is 15.4. The highest BCUT2D eigenvalue weighted by Gasteiger charge is 2.32. The molecule has 2 heterocycles. The van der Waals surface area contributed by atoms with E-state index in [1.54, 1.807) is 52.3 Å². The number of anilines is 1. The number of carbonyl (C=O) groups is 3. The number of rotatable bonds is 16. The van der Waals surface area contributed by atoms with Crippen molar-refractivity contribution in [1.29, 1.82) is 0 Å². The van der Waals surface area contributed by atoms with Crippen molar-refractivity contribution in [3.63, 3.8) is 0 Å². The minimum atomic E-state index is -0.611. The maximum Gasteiger partial charge on any atom is 0.266 e.